The van der Waals surface area contributed by atoms with Crippen LogP contribution >= 0.6 is 27.7 Å². The number of hydrogen-bond donors (Lipinski definition) is 1. The highest BCUT2D eigenvalue weighted by atomic mass is 79.9. The number of rotatable bonds is 7. The molecule has 3 aromatic rings. The Hall–Kier alpha value is -2.36. The van der Waals surface area contributed by atoms with Gasteiger partial charge in [-0.05, 0) is 61.4 Å². The number of hydrogen-bond acceptors (Lipinski definition) is 7. The Bertz CT molecular complexity index is 1110. The quantitative estimate of drug-likeness (QED) is 0.375. The van der Waals surface area contributed by atoms with E-state index in [1.807, 2.05) is 36.4 Å². The molecule has 35 heavy (non-hydrogen) atoms. The first kappa shape index (κ1) is 24.3. The van der Waals surface area contributed by atoms with Gasteiger partial charge in [0.05, 0.1) is 5.75 Å². The summed E-state index contributed by atoms with van der Waals surface area (Å²) in [7, 11) is 0. The van der Waals surface area contributed by atoms with Gasteiger partial charge in [0.15, 0.2) is 0 Å². The van der Waals surface area contributed by atoms with Crippen molar-refractivity contribution in [3.05, 3.63) is 53.0 Å². The summed E-state index contributed by atoms with van der Waals surface area (Å²) < 4.78 is 6.66. The van der Waals surface area contributed by atoms with Gasteiger partial charge in [0.1, 0.15) is 0 Å². The summed E-state index contributed by atoms with van der Waals surface area (Å²) in [4.78, 5) is 17.6. The van der Waals surface area contributed by atoms with Gasteiger partial charge in [0, 0.05) is 53.6 Å². The fourth-order valence-electron chi connectivity index (χ4n) is 4.85. The van der Waals surface area contributed by atoms with Crippen LogP contribution in [0, 0.1) is 0 Å². The SMILES string of the molecule is O=C(CSc1nnc(-c2ccc(Br)cc2)o1)Nc1ccc(N2CCN(C3CCCCC3)CC2)cc1. The third kappa shape index (κ3) is 6.45. The Morgan fingerprint density at radius 1 is 0.971 bits per heavy atom. The Morgan fingerprint density at radius 3 is 2.40 bits per heavy atom. The van der Waals surface area contributed by atoms with Crippen LogP contribution in [-0.2, 0) is 4.79 Å². The van der Waals surface area contributed by atoms with Gasteiger partial charge in [-0.25, -0.2) is 0 Å². The van der Waals surface area contributed by atoms with Gasteiger partial charge in [-0.3, -0.25) is 9.69 Å². The van der Waals surface area contributed by atoms with E-state index < -0.39 is 0 Å². The maximum absolute atomic E-state index is 12.4. The van der Waals surface area contributed by atoms with Crippen molar-refractivity contribution in [3.63, 3.8) is 0 Å². The van der Waals surface area contributed by atoms with Gasteiger partial charge in [0.2, 0.25) is 11.8 Å². The summed E-state index contributed by atoms with van der Waals surface area (Å²) in [6, 6.07) is 16.6. The van der Waals surface area contributed by atoms with Crippen LogP contribution in [0.25, 0.3) is 11.5 Å². The molecule has 1 aromatic heterocycles. The topological polar surface area (TPSA) is 74.5 Å². The number of benzene rings is 2. The van der Waals surface area contributed by atoms with Crippen molar-refractivity contribution in [1.29, 1.82) is 0 Å². The van der Waals surface area contributed by atoms with E-state index in [1.54, 1.807) is 0 Å². The highest BCUT2D eigenvalue weighted by molar-refractivity contribution is 9.10. The molecule has 1 aliphatic carbocycles. The molecule has 1 amide bonds. The predicted octanol–water partition coefficient (Wildman–Crippen LogP) is 5.68. The smallest absolute Gasteiger partial charge is 0.277 e. The number of aromatic nitrogens is 2. The number of carbonyl (C=O) groups excluding carboxylic acids is 1. The van der Waals surface area contributed by atoms with E-state index in [-0.39, 0.29) is 11.7 Å². The van der Waals surface area contributed by atoms with Gasteiger partial charge in [-0.2, -0.15) is 0 Å². The molecule has 7 nitrogen and oxygen atoms in total. The molecule has 1 saturated heterocycles. The van der Waals surface area contributed by atoms with Crippen LogP contribution in [0.2, 0.25) is 0 Å². The van der Waals surface area contributed by atoms with Gasteiger partial charge < -0.3 is 14.6 Å². The molecule has 2 aromatic carbocycles. The number of anilines is 2. The van der Waals surface area contributed by atoms with Crippen LogP contribution in [0.15, 0.2) is 62.6 Å². The highest BCUT2D eigenvalue weighted by Crippen LogP contribution is 2.27. The second kappa shape index (κ2) is 11.6. The molecule has 2 aliphatic rings. The molecular formula is C26H30BrN5O2S. The van der Waals surface area contributed by atoms with E-state index in [4.69, 9.17) is 4.42 Å². The largest absolute Gasteiger partial charge is 0.411 e. The number of thioether (sulfide) groups is 1. The Labute approximate surface area is 218 Å². The maximum Gasteiger partial charge on any atom is 0.277 e. The van der Waals surface area contributed by atoms with E-state index in [0.717, 1.165) is 47.9 Å². The molecule has 2 heterocycles. The van der Waals surface area contributed by atoms with Crippen LogP contribution in [0.3, 0.4) is 0 Å². The molecule has 0 unspecified atom stereocenters. The number of halogens is 1. The molecular weight excluding hydrogens is 526 g/mol. The van der Waals surface area contributed by atoms with Gasteiger partial charge in [-0.15, -0.1) is 10.2 Å². The molecule has 1 N–H and O–H groups in total. The lowest BCUT2D eigenvalue weighted by atomic mass is 9.94. The van der Waals surface area contributed by atoms with Crippen molar-refractivity contribution in [3.8, 4) is 11.5 Å². The zero-order chi connectivity index (χ0) is 24.0. The van der Waals surface area contributed by atoms with E-state index in [2.05, 4.69) is 53.4 Å². The molecule has 2 fully saturated rings. The summed E-state index contributed by atoms with van der Waals surface area (Å²) in [5, 5.41) is 11.4. The standard InChI is InChI=1S/C26H30BrN5O2S/c27-20-8-6-19(7-9-20)25-29-30-26(34-25)35-18-24(33)28-21-10-12-23(13-11-21)32-16-14-31(15-17-32)22-4-2-1-3-5-22/h6-13,22H,1-5,14-18H2,(H,28,33). The van der Waals surface area contributed by atoms with E-state index in [1.165, 1.54) is 49.6 Å². The monoisotopic (exact) mass is 555 g/mol. The van der Waals surface area contributed by atoms with Crippen molar-refractivity contribution in [1.82, 2.24) is 15.1 Å². The van der Waals surface area contributed by atoms with E-state index >= 15 is 0 Å². The van der Waals surface area contributed by atoms with Crippen LogP contribution in [0.4, 0.5) is 11.4 Å². The molecule has 0 atom stereocenters. The van der Waals surface area contributed by atoms with Gasteiger partial charge in [-0.1, -0.05) is 47.0 Å². The summed E-state index contributed by atoms with van der Waals surface area (Å²) in [5.41, 5.74) is 2.85. The lowest BCUT2D eigenvalue weighted by Gasteiger charge is -2.41. The average Bonchev–Trinajstić information content (AvgIpc) is 3.38. The predicted molar refractivity (Wildman–Crippen MR) is 144 cm³/mol. The molecule has 0 spiro atoms. The molecule has 1 saturated carbocycles. The molecule has 0 radical (unpaired) electrons. The molecule has 184 valence electrons. The maximum atomic E-state index is 12.4. The van der Waals surface area contributed by atoms with Crippen LogP contribution < -0.4 is 10.2 Å². The summed E-state index contributed by atoms with van der Waals surface area (Å²) in [6.07, 6.45) is 6.91. The molecule has 0 bridgehead atoms. The summed E-state index contributed by atoms with van der Waals surface area (Å²) in [6.45, 7) is 4.40. The van der Waals surface area contributed by atoms with E-state index in [0.29, 0.717) is 11.1 Å². The molecule has 1 aliphatic heterocycles. The average molecular weight is 557 g/mol. The number of nitrogens with one attached hydrogen (secondary N) is 1. The number of amides is 1. The summed E-state index contributed by atoms with van der Waals surface area (Å²) >= 11 is 4.64. The summed E-state index contributed by atoms with van der Waals surface area (Å²) in [5.74, 6) is 0.537. The first-order valence-corrected chi connectivity index (χ1v) is 14.0. The highest BCUT2D eigenvalue weighted by Gasteiger charge is 2.25. The minimum atomic E-state index is -0.104. The minimum absolute atomic E-state index is 0.104. The molecule has 9 heteroatoms. The third-order valence-corrected chi connectivity index (χ3v) is 8.09. The lowest BCUT2D eigenvalue weighted by Crippen LogP contribution is -2.50. The van der Waals surface area contributed by atoms with Gasteiger partial charge >= 0.3 is 0 Å². The first-order chi connectivity index (χ1) is 17.1. The first-order valence-electron chi connectivity index (χ1n) is 12.3. The Kier molecular flexibility index (Phi) is 8.06. The zero-order valence-electron chi connectivity index (χ0n) is 19.7. The fraction of sp³-hybridized carbons (Fsp3) is 0.423. The van der Waals surface area contributed by atoms with Crippen molar-refractivity contribution in [2.24, 2.45) is 0 Å². The van der Waals surface area contributed by atoms with Crippen molar-refractivity contribution >= 4 is 45.0 Å². The molecule has 5 rings (SSSR count). The van der Waals surface area contributed by atoms with Crippen molar-refractivity contribution in [2.45, 2.75) is 43.4 Å². The lowest BCUT2D eigenvalue weighted by molar-refractivity contribution is -0.113. The van der Waals surface area contributed by atoms with Crippen LogP contribution in [0.1, 0.15) is 32.1 Å². The van der Waals surface area contributed by atoms with Crippen molar-refractivity contribution in [2.75, 3.05) is 42.1 Å². The van der Waals surface area contributed by atoms with Crippen molar-refractivity contribution < 1.29 is 9.21 Å². The second-order valence-electron chi connectivity index (χ2n) is 9.08. The minimum Gasteiger partial charge on any atom is -0.411 e. The Morgan fingerprint density at radius 2 is 1.69 bits per heavy atom. The third-order valence-electron chi connectivity index (χ3n) is 6.75. The number of nitrogens with zero attached hydrogens (tertiary/aromatic N) is 4. The number of carbonyl (C=O) groups is 1. The zero-order valence-corrected chi connectivity index (χ0v) is 22.1. The normalized spacial score (nSPS) is 17.5. The van der Waals surface area contributed by atoms with E-state index in [9.17, 15) is 4.79 Å². The number of piperazine rings is 1. The van der Waals surface area contributed by atoms with Gasteiger partial charge in [0.25, 0.3) is 5.22 Å². The van der Waals surface area contributed by atoms with Crippen LogP contribution in [0.5, 0.6) is 0 Å². The Balaban J connectivity index is 1.07. The fourth-order valence-corrected chi connectivity index (χ4v) is 5.68. The van der Waals surface area contributed by atoms with Crippen LogP contribution in [-0.4, -0.2) is 59.0 Å². The second-order valence-corrected chi connectivity index (χ2v) is 10.9.